The van der Waals surface area contributed by atoms with E-state index in [1.54, 1.807) is 24.4 Å². The number of aromatic nitrogens is 2. The predicted octanol–water partition coefficient (Wildman–Crippen LogP) is 2.40. The number of amides is 4. The van der Waals surface area contributed by atoms with Crippen LogP contribution in [0, 0.1) is 5.82 Å². The Morgan fingerprint density at radius 2 is 2.00 bits per heavy atom. The Kier molecular flexibility index (Phi) is 11.4. The first-order valence-corrected chi connectivity index (χ1v) is 12.8. The number of nitrogens with zero attached hydrogens (tertiary/aromatic N) is 3. The van der Waals surface area contributed by atoms with Gasteiger partial charge in [0.05, 0.1) is 29.4 Å². The lowest BCUT2D eigenvalue weighted by atomic mass is 10.1. The molecule has 3 rings (SSSR count). The summed E-state index contributed by atoms with van der Waals surface area (Å²) in [6, 6.07) is 7.39. The number of benzene rings is 1. The van der Waals surface area contributed by atoms with Crippen molar-refractivity contribution in [1.29, 1.82) is 0 Å². The van der Waals surface area contributed by atoms with E-state index in [4.69, 9.17) is 27.2 Å². The smallest absolute Gasteiger partial charge is 0.412 e. The Labute approximate surface area is 235 Å². The Bertz CT molecular complexity index is 1330. The van der Waals surface area contributed by atoms with Gasteiger partial charge in [-0.3, -0.25) is 15.1 Å². The molecule has 0 radical (unpaired) electrons. The fourth-order valence-electron chi connectivity index (χ4n) is 3.65. The molecule has 0 fully saturated rings. The van der Waals surface area contributed by atoms with Crippen molar-refractivity contribution in [3.63, 3.8) is 0 Å². The third kappa shape index (κ3) is 8.73. The van der Waals surface area contributed by atoms with E-state index in [1.807, 2.05) is 6.07 Å². The molecule has 3 aromatic rings. The van der Waals surface area contributed by atoms with Crippen molar-refractivity contribution in [1.82, 2.24) is 25.5 Å². The average molecular weight is 576 g/mol. The van der Waals surface area contributed by atoms with Crippen LogP contribution in [0.5, 0.6) is 0 Å². The van der Waals surface area contributed by atoms with Gasteiger partial charge in [-0.2, -0.15) is 0 Å². The van der Waals surface area contributed by atoms with Gasteiger partial charge in [0.15, 0.2) is 0 Å². The van der Waals surface area contributed by atoms with Gasteiger partial charge in [0, 0.05) is 31.7 Å². The lowest BCUT2D eigenvalue weighted by molar-refractivity contribution is -0.123. The zero-order chi connectivity index (χ0) is 29.1. The van der Waals surface area contributed by atoms with E-state index in [2.05, 4.69) is 25.9 Å². The summed E-state index contributed by atoms with van der Waals surface area (Å²) < 4.78 is 19.1. The molecule has 0 saturated heterocycles. The van der Waals surface area contributed by atoms with Gasteiger partial charge in [-0.05, 0) is 36.6 Å². The molecule has 0 spiro atoms. The molecule has 2 aromatic heterocycles. The van der Waals surface area contributed by atoms with Crippen molar-refractivity contribution in [2.75, 3.05) is 32.1 Å². The molecule has 1 aromatic carbocycles. The molecular weight excluding hydrogens is 545 g/mol. The van der Waals surface area contributed by atoms with Crippen molar-refractivity contribution in [2.24, 2.45) is 5.73 Å². The van der Waals surface area contributed by atoms with Gasteiger partial charge in [-0.1, -0.05) is 29.8 Å². The van der Waals surface area contributed by atoms with Crippen molar-refractivity contribution in [3.8, 4) is 0 Å². The Balaban J connectivity index is 1.59. The molecule has 2 atom stereocenters. The maximum absolute atomic E-state index is 13.7. The number of ether oxygens (including phenoxy) is 1. The largest absolute Gasteiger partial charge is 0.447 e. The predicted molar refractivity (Wildman–Crippen MR) is 147 cm³/mol. The van der Waals surface area contributed by atoms with Crippen LogP contribution in [-0.4, -0.2) is 76.9 Å². The number of nitrogens with two attached hydrogens (primary N) is 1. The summed E-state index contributed by atoms with van der Waals surface area (Å²) in [5, 5.41) is 17.5. The summed E-state index contributed by atoms with van der Waals surface area (Å²) in [5.41, 5.74) is 6.56. The number of anilines is 1. The quantitative estimate of drug-likeness (QED) is 0.205. The first-order valence-electron chi connectivity index (χ1n) is 12.4. The maximum Gasteiger partial charge on any atom is 0.412 e. The molecule has 0 unspecified atom stereocenters. The highest BCUT2D eigenvalue weighted by atomic mass is 35.5. The summed E-state index contributed by atoms with van der Waals surface area (Å²) in [4.78, 5) is 46.9. The van der Waals surface area contributed by atoms with E-state index in [0.29, 0.717) is 23.9 Å². The summed E-state index contributed by atoms with van der Waals surface area (Å²) >= 11 is 5.97. The van der Waals surface area contributed by atoms with E-state index in [-0.39, 0.29) is 30.5 Å². The lowest BCUT2D eigenvalue weighted by Crippen LogP contribution is -2.46. The van der Waals surface area contributed by atoms with E-state index >= 15 is 0 Å². The number of pyridine rings is 2. The minimum Gasteiger partial charge on any atom is -0.447 e. The minimum atomic E-state index is -1.04. The van der Waals surface area contributed by atoms with Crippen LogP contribution < -0.4 is 21.7 Å². The number of carbonyl (C=O) groups is 3. The van der Waals surface area contributed by atoms with Gasteiger partial charge >= 0.3 is 12.1 Å². The second-order valence-electron chi connectivity index (χ2n) is 8.85. The Morgan fingerprint density at radius 3 is 2.77 bits per heavy atom. The fourth-order valence-corrected chi connectivity index (χ4v) is 3.85. The number of rotatable bonds is 12. The molecule has 0 saturated carbocycles. The zero-order valence-corrected chi connectivity index (χ0v) is 22.5. The topological polar surface area (TPSA) is 172 Å². The summed E-state index contributed by atoms with van der Waals surface area (Å²) in [6.07, 6.45) is 3.13. The summed E-state index contributed by atoms with van der Waals surface area (Å²) in [6.45, 7) is -0.460. The highest BCUT2D eigenvalue weighted by Crippen LogP contribution is 2.19. The second kappa shape index (κ2) is 14.9. The number of carbonyl (C=O) groups excluding carboxylic acids is 3. The first kappa shape index (κ1) is 30.5. The Morgan fingerprint density at radius 1 is 1.20 bits per heavy atom. The van der Waals surface area contributed by atoms with E-state index < -0.39 is 42.5 Å². The van der Waals surface area contributed by atoms with Crippen LogP contribution in [0.3, 0.4) is 0 Å². The maximum atomic E-state index is 13.7. The molecule has 0 bridgehead atoms. The van der Waals surface area contributed by atoms with Gasteiger partial charge in [-0.25, -0.2) is 19.0 Å². The first-order chi connectivity index (χ1) is 19.2. The molecule has 0 aliphatic carbocycles. The number of fused-ring (bicyclic) bond motifs is 1. The molecule has 4 amide bonds. The SMILES string of the molecule is CN(C(=O)NCc1cccc(F)c1Cl)[C@@H](CCCNC(=O)[C@@H](N)CO)COC(=O)Nc1cc2cccnc2cn1. The fraction of sp³-hybridized carbons (Fsp3) is 0.346. The number of aliphatic hydroxyl groups excluding tert-OH is 1. The van der Waals surface area contributed by atoms with Crippen LogP contribution in [-0.2, 0) is 16.1 Å². The number of nitrogens with one attached hydrogen (secondary N) is 3. The molecule has 2 heterocycles. The van der Waals surface area contributed by atoms with Crippen molar-refractivity contribution in [2.45, 2.75) is 31.5 Å². The van der Waals surface area contributed by atoms with Crippen LogP contribution >= 0.6 is 11.6 Å². The lowest BCUT2D eigenvalue weighted by Gasteiger charge is -2.28. The number of hydrogen-bond donors (Lipinski definition) is 5. The third-order valence-corrected chi connectivity index (χ3v) is 6.43. The third-order valence-electron chi connectivity index (χ3n) is 6.00. The summed E-state index contributed by atoms with van der Waals surface area (Å²) in [5.74, 6) is -0.840. The molecule has 40 heavy (non-hydrogen) atoms. The van der Waals surface area contributed by atoms with Crippen LogP contribution in [0.25, 0.3) is 10.9 Å². The van der Waals surface area contributed by atoms with E-state index in [0.717, 1.165) is 5.39 Å². The number of hydrogen-bond acceptors (Lipinski definition) is 8. The molecule has 12 nitrogen and oxygen atoms in total. The highest BCUT2D eigenvalue weighted by molar-refractivity contribution is 6.31. The van der Waals surface area contributed by atoms with Crippen LogP contribution in [0.1, 0.15) is 18.4 Å². The van der Waals surface area contributed by atoms with Gasteiger partial charge in [0.2, 0.25) is 5.91 Å². The normalized spacial score (nSPS) is 12.3. The highest BCUT2D eigenvalue weighted by Gasteiger charge is 2.22. The van der Waals surface area contributed by atoms with Gasteiger partial charge in [0.25, 0.3) is 0 Å². The molecule has 214 valence electrons. The molecule has 6 N–H and O–H groups in total. The second-order valence-corrected chi connectivity index (χ2v) is 9.23. The van der Waals surface area contributed by atoms with Gasteiger partial charge < -0.3 is 31.1 Å². The summed E-state index contributed by atoms with van der Waals surface area (Å²) in [7, 11) is 1.52. The van der Waals surface area contributed by atoms with E-state index in [9.17, 15) is 18.8 Å². The van der Waals surface area contributed by atoms with Crippen molar-refractivity contribution < 1.29 is 28.6 Å². The van der Waals surface area contributed by atoms with Crippen LogP contribution in [0.2, 0.25) is 5.02 Å². The van der Waals surface area contributed by atoms with Crippen LogP contribution in [0.4, 0.5) is 19.8 Å². The number of halogens is 2. The van der Waals surface area contributed by atoms with Gasteiger partial charge in [0.1, 0.15) is 24.3 Å². The van der Waals surface area contributed by atoms with Crippen molar-refractivity contribution in [3.05, 3.63) is 65.2 Å². The van der Waals surface area contributed by atoms with Gasteiger partial charge in [-0.15, -0.1) is 0 Å². The standard InChI is InChI=1S/C26H31ClFN7O5/c1-35(25(38)33-12-17-5-2-8-19(28)23(17)27)18(7-4-10-31-24(37)20(29)14-36)15-40-26(39)34-22-11-16-6-3-9-30-21(16)13-32-22/h2-3,5-6,8-9,11,13,18,20,36H,4,7,10,12,14-15,29H2,1H3,(H,31,37)(H,33,38)(H,32,34,39)/t18-,20-/m0/s1. The number of urea groups is 1. The molecule has 14 heteroatoms. The minimum absolute atomic E-state index is 0.0224. The molecule has 0 aliphatic heterocycles. The molecule has 0 aliphatic rings. The molecular formula is C26H31ClFN7O5. The Hall–Kier alpha value is -4.07. The number of likely N-dealkylation sites (N-methyl/N-ethyl adjacent to an activating group) is 1. The van der Waals surface area contributed by atoms with E-state index in [1.165, 1.54) is 30.3 Å². The van der Waals surface area contributed by atoms with Crippen LogP contribution in [0.15, 0.2) is 48.8 Å². The monoisotopic (exact) mass is 575 g/mol. The zero-order valence-electron chi connectivity index (χ0n) is 21.8. The van der Waals surface area contributed by atoms with Crippen molar-refractivity contribution >= 4 is 46.4 Å². The average Bonchev–Trinajstić information content (AvgIpc) is 2.96. The number of aliphatic hydroxyl groups is 1.